The monoisotopic (exact) mass is 439 g/mol. The van der Waals surface area contributed by atoms with Crippen LogP contribution in [0.15, 0.2) is 64.5 Å². The van der Waals surface area contributed by atoms with Crippen LogP contribution < -0.4 is 4.74 Å². The Morgan fingerprint density at radius 3 is 2.52 bits per heavy atom. The van der Waals surface area contributed by atoms with E-state index in [4.69, 9.17) is 14.8 Å². The maximum Gasteiger partial charge on any atom is 0.169 e. The molecule has 2 aromatic rings. The summed E-state index contributed by atoms with van der Waals surface area (Å²) >= 11 is 1.48. The van der Waals surface area contributed by atoms with Gasteiger partial charge in [-0.2, -0.15) is 0 Å². The molecule has 5 nitrogen and oxygen atoms in total. The molecule has 2 N–H and O–H groups in total. The lowest BCUT2D eigenvalue weighted by Crippen LogP contribution is -2.21. The predicted octanol–water partition coefficient (Wildman–Crippen LogP) is 4.45. The smallest absolute Gasteiger partial charge is 0.169 e. The maximum absolute atomic E-state index is 12.9. The number of ether oxygens (including phenoxy) is 1. The van der Waals surface area contributed by atoms with Crippen LogP contribution in [0.5, 0.6) is 5.75 Å². The van der Waals surface area contributed by atoms with Crippen LogP contribution in [0.1, 0.15) is 43.7 Å². The van der Waals surface area contributed by atoms with Gasteiger partial charge in [0, 0.05) is 18.4 Å². The molecule has 31 heavy (non-hydrogen) atoms. The summed E-state index contributed by atoms with van der Waals surface area (Å²) in [6.45, 7) is 3.80. The Hall–Kier alpha value is -2.41. The summed E-state index contributed by atoms with van der Waals surface area (Å²) < 4.78 is 5.45. The van der Waals surface area contributed by atoms with E-state index in [1.54, 1.807) is 12.1 Å². The molecule has 2 unspecified atom stereocenters. The summed E-state index contributed by atoms with van der Waals surface area (Å²) in [6, 6.07) is 17.7. The first-order valence-corrected chi connectivity index (χ1v) is 11.3. The average Bonchev–Trinajstić information content (AvgIpc) is 2.92. The number of carbonyl (C=O) groups is 1. The molecule has 0 bridgehead atoms. The number of hydrogen-bond acceptors (Lipinski definition) is 6. The van der Waals surface area contributed by atoms with Gasteiger partial charge in [0.05, 0.1) is 16.6 Å². The van der Waals surface area contributed by atoms with Gasteiger partial charge in [-0.25, -0.2) is 0 Å². The fourth-order valence-electron chi connectivity index (χ4n) is 3.29. The molecular weight excluding hydrogens is 410 g/mol. The lowest BCUT2D eigenvalue weighted by molar-refractivity contribution is -0.114. The van der Waals surface area contributed by atoms with Crippen LogP contribution in [-0.2, 0) is 4.79 Å². The van der Waals surface area contributed by atoms with Crippen molar-refractivity contribution in [3.05, 3.63) is 70.6 Å². The van der Waals surface area contributed by atoms with Crippen molar-refractivity contribution in [2.45, 2.75) is 44.8 Å². The predicted molar refractivity (Wildman–Crippen MR) is 127 cm³/mol. The Morgan fingerprint density at radius 2 is 1.87 bits per heavy atom. The second-order valence-corrected chi connectivity index (χ2v) is 8.88. The molecule has 0 radical (unpaired) electrons. The van der Waals surface area contributed by atoms with Gasteiger partial charge in [0.15, 0.2) is 5.78 Å². The summed E-state index contributed by atoms with van der Waals surface area (Å²) in [5.74, 6) is 0.851. The average molecular weight is 440 g/mol. The highest BCUT2D eigenvalue weighted by Crippen LogP contribution is 2.38. The van der Waals surface area contributed by atoms with Gasteiger partial charge in [-0.3, -0.25) is 9.79 Å². The number of Topliss-reactive ketones (excluding diaryl/α,β-unsaturated/α-hetero) is 1. The maximum atomic E-state index is 12.9. The van der Waals surface area contributed by atoms with Crippen molar-refractivity contribution >= 4 is 28.7 Å². The number of rotatable bonds is 7. The minimum Gasteiger partial charge on any atom is -0.491 e. The number of aliphatic imine (C=N–C) groups is 1. The molecular formula is C25H29NO4S. The van der Waals surface area contributed by atoms with Crippen molar-refractivity contribution in [1.82, 2.24) is 0 Å². The molecule has 0 amide bonds. The van der Waals surface area contributed by atoms with E-state index in [2.05, 4.69) is 26.0 Å². The zero-order valence-electron chi connectivity index (χ0n) is 17.9. The van der Waals surface area contributed by atoms with E-state index in [0.29, 0.717) is 17.1 Å². The number of aliphatic hydroxyl groups is 2. The van der Waals surface area contributed by atoms with E-state index in [9.17, 15) is 9.90 Å². The first-order chi connectivity index (χ1) is 15.0. The largest absolute Gasteiger partial charge is 0.491 e. The minimum atomic E-state index is -0.905. The minimum absolute atomic E-state index is 0.0289. The fourth-order valence-corrected chi connectivity index (χ4v) is 4.59. The molecule has 3 rings (SSSR count). The van der Waals surface area contributed by atoms with E-state index in [1.807, 2.05) is 36.4 Å². The second kappa shape index (κ2) is 11.3. The molecule has 2 aromatic carbocycles. The summed E-state index contributed by atoms with van der Waals surface area (Å²) in [6.07, 6.45) is 2.23. The highest BCUT2D eigenvalue weighted by molar-refractivity contribution is 8.18. The number of aliphatic hydroxyl groups excluding tert-OH is 2. The Morgan fingerprint density at radius 1 is 1.16 bits per heavy atom. The van der Waals surface area contributed by atoms with Crippen molar-refractivity contribution in [2.24, 2.45) is 4.99 Å². The normalized spacial score (nSPS) is 20.8. The lowest BCUT2D eigenvalue weighted by Gasteiger charge is -2.17. The van der Waals surface area contributed by atoms with Crippen molar-refractivity contribution in [3.63, 3.8) is 0 Å². The van der Waals surface area contributed by atoms with Crippen LogP contribution in [0.3, 0.4) is 0 Å². The lowest BCUT2D eigenvalue weighted by atomic mass is 9.94. The van der Waals surface area contributed by atoms with Gasteiger partial charge in [0.25, 0.3) is 0 Å². The van der Waals surface area contributed by atoms with Crippen LogP contribution in [0.25, 0.3) is 6.08 Å². The van der Waals surface area contributed by atoms with E-state index in [-0.39, 0.29) is 31.0 Å². The first-order valence-electron chi connectivity index (χ1n) is 10.5. The molecule has 0 aliphatic carbocycles. The van der Waals surface area contributed by atoms with Gasteiger partial charge in [0.2, 0.25) is 0 Å². The van der Waals surface area contributed by atoms with Crippen LogP contribution >= 0.6 is 11.8 Å². The molecule has 0 spiro atoms. The molecule has 1 saturated heterocycles. The van der Waals surface area contributed by atoms with Crippen LogP contribution in [-0.4, -0.2) is 46.4 Å². The highest BCUT2D eigenvalue weighted by atomic mass is 32.2. The van der Waals surface area contributed by atoms with Gasteiger partial charge in [0.1, 0.15) is 18.5 Å². The molecule has 0 aromatic heterocycles. The standard InChI is InChI=1S/C25H29NO4S/c1-17(2)26-25-22(19-6-4-3-5-7-19)12-13-23(29)24(31-25)14-18-8-10-21(11-9-18)30-16-20(28)15-27/h3-11,14,17,20,22,27-28H,12-13,15-16H2,1-2H3/b24-14-,26-25?. The van der Waals surface area contributed by atoms with Crippen LogP contribution in [0, 0.1) is 0 Å². The van der Waals surface area contributed by atoms with Gasteiger partial charge in [-0.15, -0.1) is 0 Å². The van der Waals surface area contributed by atoms with E-state index in [0.717, 1.165) is 17.0 Å². The molecule has 1 aliphatic heterocycles. The zero-order chi connectivity index (χ0) is 22.2. The van der Waals surface area contributed by atoms with E-state index < -0.39 is 6.10 Å². The highest BCUT2D eigenvalue weighted by Gasteiger charge is 2.28. The SMILES string of the molecule is CC(C)N=C1S/C(=C\c2ccc(OCC(O)CO)cc2)C(=O)CCC1c1ccccc1. The number of allylic oxidation sites excluding steroid dienone is 1. The fraction of sp³-hybridized carbons (Fsp3) is 0.360. The summed E-state index contributed by atoms with van der Waals surface area (Å²) in [5, 5.41) is 19.3. The van der Waals surface area contributed by atoms with Crippen LogP contribution in [0.2, 0.25) is 0 Å². The number of thioether (sulfide) groups is 1. The summed E-state index contributed by atoms with van der Waals surface area (Å²) in [5.41, 5.74) is 2.09. The number of hydrogen-bond donors (Lipinski definition) is 2. The Labute approximate surface area is 187 Å². The number of nitrogens with zero attached hydrogens (tertiary/aromatic N) is 1. The third kappa shape index (κ3) is 6.79. The van der Waals surface area contributed by atoms with Gasteiger partial charge >= 0.3 is 0 Å². The number of ketones is 1. The third-order valence-corrected chi connectivity index (χ3v) is 6.03. The topological polar surface area (TPSA) is 79.1 Å². The molecule has 164 valence electrons. The van der Waals surface area contributed by atoms with Crippen molar-refractivity contribution < 1.29 is 19.7 Å². The molecule has 1 fully saturated rings. The molecule has 2 atom stereocenters. The van der Waals surface area contributed by atoms with Gasteiger partial charge in [-0.05, 0) is 49.6 Å². The van der Waals surface area contributed by atoms with Crippen molar-refractivity contribution in [1.29, 1.82) is 0 Å². The van der Waals surface area contributed by atoms with Gasteiger partial charge in [-0.1, -0.05) is 54.2 Å². The Balaban J connectivity index is 1.82. The Bertz CT molecular complexity index is 922. The van der Waals surface area contributed by atoms with Crippen molar-refractivity contribution in [2.75, 3.05) is 13.2 Å². The van der Waals surface area contributed by atoms with E-state index in [1.165, 1.54) is 17.3 Å². The first kappa shape index (κ1) is 23.3. The number of benzene rings is 2. The quantitative estimate of drug-likeness (QED) is 0.623. The molecule has 1 aliphatic rings. The van der Waals surface area contributed by atoms with Gasteiger partial charge < -0.3 is 14.9 Å². The van der Waals surface area contributed by atoms with E-state index >= 15 is 0 Å². The molecule has 6 heteroatoms. The number of carbonyl (C=O) groups excluding carboxylic acids is 1. The zero-order valence-corrected chi connectivity index (χ0v) is 18.7. The summed E-state index contributed by atoms with van der Waals surface area (Å²) in [7, 11) is 0. The van der Waals surface area contributed by atoms with Crippen LogP contribution in [0.4, 0.5) is 0 Å². The Kier molecular flexibility index (Phi) is 8.46. The molecule has 0 saturated carbocycles. The summed E-state index contributed by atoms with van der Waals surface area (Å²) in [4.78, 5) is 18.4. The second-order valence-electron chi connectivity index (χ2n) is 7.81. The third-order valence-electron chi connectivity index (χ3n) is 4.87. The molecule has 1 heterocycles. The van der Waals surface area contributed by atoms with Crippen molar-refractivity contribution in [3.8, 4) is 5.75 Å².